The Bertz CT molecular complexity index is 766. The molecule has 0 bridgehead atoms. The zero-order valence-corrected chi connectivity index (χ0v) is 13.8. The highest BCUT2D eigenvalue weighted by Crippen LogP contribution is 2.39. The van der Waals surface area contributed by atoms with E-state index in [1.807, 2.05) is 0 Å². The zero-order valence-electron chi connectivity index (χ0n) is 13.8. The van der Waals surface area contributed by atoms with Gasteiger partial charge in [0.2, 0.25) is 5.75 Å². The summed E-state index contributed by atoms with van der Waals surface area (Å²) in [4.78, 5) is 18.0. The number of pyridine rings is 1. The number of hydrogen-bond donors (Lipinski definition) is 2. The van der Waals surface area contributed by atoms with Gasteiger partial charge in [-0.15, -0.1) is 0 Å². The van der Waals surface area contributed by atoms with Crippen LogP contribution >= 0.6 is 0 Å². The van der Waals surface area contributed by atoms with Crippen molar-refractivity contribution in [2.45, 2.75) is 0 Å². The molecule has 10 heteroatoms. The quantitative estimate of drug-likeness (QED) is 0.351. The van der Waals surface area contributed by atoms with Crippen molar-refractivity contribution in [2.75, 3.05) is 26.6 Å². The molecule has 0 aliphatic rings. The first-order valence-corrected chi connectivity index (χ1v) is 7.00. The maximum absolute atomic E-state index is 10.6. The molecule has 132 valence electrons. The summed E-state index contributed by atoms with van der Waals surface area (Å²) in [6, 6.07) is 6.00. The zero-order chi connectivity index (χ0) is 18.4. The number of nitro groups is 1. The minimum atomic E-state index is -0.544. The predicted octanol–water partition coefficient (Wildman–Crippen LogP) is 2.07. The molecule has 2 aromatic rings. The van der Waals surface area contributed by atoms with Crippen LogP contribution in [0.1, 0.15) is 0 Å². The smallest absolute Gasteiger partial charge is 0.287 e. The molecule has 25 heavy (non-hydrogen) atoms. The predicted molar refractivity (Wildman–Crippen MR) is 91.9 cm³/mol. The molecular formula is C15H17N5O5. The van der Waals surface area contributed by atoms with Gasteiger partial charge in [0.1, 0.15) is 6.20 Å². The first kappa shape index (κ1) is 17.8. The van der Waals surface area contributed by atoms with Crippen molar-refractivity contribution in [1.29, 1.82) is 0 Å². The van der Waals surface area contributed by atoms with Gasteiger partial charge in [-0.1, -0.05) is 0 Å². The Morgan fingerprint density at radius 1 is 1.20 bits per heavy atom. The van der Waals surface area contributed by atoms with Crippen LogP contribution in [0, 0.1) is 10.1 Å². The van der Waals surface area contributed by atoms with E-state index in [0.717, 1.165) is 6.20 Å². The Morgan fingerprint density at radius 2 is 1.84 bits per heavy atom. The number of nitrogens with two attached hydrogens (primary N) is 1. The number of guanidine groups is 1. The van der Waals surface area contributed by atoms with Crippen LogP contribution in [0.3, 0.4) is 0 Å². The van der Waals surface area contributed by atoms with Crippen LogP contribution < -0.4 is 25.3 Å². The van der Waals surface area contributed by atoms with Gasteiger partial charge in [-0.25, -0.2) is 4.98 Å². The second-order valence-corrected chi connectivity index (χ2v) is 4.67. The van der Waals surface area contributed by atoms with Crippen LogP contribution in [0.25, 0.3) is 0 Å². The highest BCUT2D eigenvalue weighted by atomic mass is 16.6. The first-order chi connectivity index (χ1) is 12.0. The van der Waals surface area contributed by atoms with Crippen molar-refractivity contribution in [3.05, 3.63) is 40.6 Å². The van der Waals surface area contributed by atoms with Gasteiger partial charge in [-0.3, -0.25) is 10.1 Å². The molecule has 0 aliphatic heterocycles. The monoisotopic (exact) mass is 347 g/mol. The number of anilines is 1. The van der Waals surface area contributed by atoms with Crippen molar-refractivity contribution in [1.82, 2.24) is 4.98 Å². The van der Waals surface area contributed by atoms with Crippen LogP contribution in [-0.2, 0) is 0 Å². The lowest BCUT2D eigenvalue weighted by Gasteiger charge is -2.14. The molecule has 0 radical (unpaired) electrons. The molecule has 0 aliphatic carbocycles. The number of rotatable bonds is 6. The van der Waals surface area contributed by atoms with Crippen molar-refractivity contribution < 1.29 is 19.1 Å². The first-order valence-electron chi connectivity index (χ1n) is 7.00. The largest absolute Gasteiger partial charge is 0.493 e. The van der Waals surface area contributed by atoms with E-state index in [9.17, 15) is 10.1 Å². The van der Waals surface area contributed by atoms with Gasteiger partial charge in [0.25, 0.3) is 5.69 Å². The highest BCUT2D eigenvalue weighted by molar-refractivity contribution is 5.94. The van der Waals surface area contributed by atoms with Gasteiger partial charge < -0.3 is 25.3 Å². The van der Waals surface area contributed by atoms with E-state index in [2.05, 4.69) is 15.3 Å². The van der Waals surface area contributed by atoms with E-state index in [4.69, 9.17) is 19.9 Å². The third kappa shape index (κ3) is 4.25. The van der Waals surface area contributed by atoms with E-state index in [1.54, 1.807) is 12.1 Å². The summed E-state index contributed by atoms with van der Waals surface area (Å²) in [5.74, 6) is 1.61. The van der Waals surface area contributed by atoms with Gasteiger partial charge in [-0.05, 0) is 6.07 Å². The number of nitrogens with one attached hydrogen (secondary N) is 1. The number of nitrogens with zero attached hydrogens (tertiary/aromatic N) is 3. The van der Waals surface area contributed by atoms with Gasteiger partial charge in [-0.2, -0.15) is 4.99 Å². The van der Waals surface area contributed by atoms with E-state index >= 15 is 0 Å². The second kappa shape index (κ2) is 7.81. The van der Waals surface area contributed by atoms with E-state index in [1.165, 1.54) is 33.5 Å². The van der Waals surface area contributed by atoms with Crippen LogP contribution in [0.15, 0.2) is 35.5 Å². The summed E-state index contributed by atoms with van der Waals surface area (Å²) in [7, 11) is 4.50. The summed E-state index contributed by atoms with van der Waals surface area (Å²) in [5.41, 5.74) is 6.27. The molecule has 0 saturated carbocycles. The molecule has 10 nitrogen and oxygen atoms in total. The van der Waals surface area contributed by atoms with Gasteiger partial charge >= 0.3 is 0 Å². The number of ether oxygens (including phenoxy) is 3. The maximum atomic E-state index is 10.6. The number of benzene rings is 1. The molecule has 0 amide bonds. The molecule has 0 atom stereocenters. The molecule has 3 N–H and O–H groups in total. The Hall–Kier alpha value is -3.56. The van der Waals surface area contributed by atoms with Crippen LogP contribution in [0.4, 0.5) is 17.2 Å². The maximum Gasteiger partial charge on any atom is 0.287 e. The lowest BCUT2D eigenvalue weighted by molar-refractivity contribution is -0.385. The normalized spacial score (nSPS) is 10.9. The number of aromatic nitrogens is 1. The lowest BCUT2D eigenvalue weighted by atomic mass is 10.2. The molecule has 0 spiro atoms. The Kier molecular flexibility index (Phi) is 5.56. The lowest BCUT2D eigenvalue weighted by Crippen LogP contribution is -2.22. The minimum absolute atomic E-state index is 0.0376. The fourth-order valence-electron chi connectivity index (χ4n) is 2.00. The molecule has 2 rings (SSSR count). The molecule has 0 saturated heterocycles. The fraction of sp³-hybridized carbons (Fsp3) is 0.200. The molecule has 0 fully saturated rings. The minimum Gasteiger partial charge on any atom is -0.493 e. The molecule has 1 heterocycles. The standard InChI is InChI=1S/C15H17N5O5/c1-23-11-6-9(7-12(24-2)14(11)25-3)18-15(16)19-13-5-4-10(8-17-13)20(21)22/h4-8H,1-3H3,(H3,16,17,18,19). The molecule has 0 unspecified atom stereocenters. The SMILES string of the molecule is COc1cc(NC(N)=Nc2ccc([N+](=O)[O-])cn2)cc(OC)c1OC. The number of methoxy groups -OCH3 is 3. The van der Waals surface area contributed by atoms with Gasteiger partial charge in [0, 0.05) is 23.9 Å². The Morgan fingerprint density at radius 3 is 2.28 bits per heavy atom. The fourth-order valence-corrected chi connectivity index (χ4v) is 2.00. The topological polar surface area (TPSA) is 134 Å². The van der Waals surface area contributed by atoms with Crippen molar-refractivity contribution >= 4 is 23.2 Å². The second-order valence-electron chi connectivity index (χ2n) is 4.67. The molecule has 1 aromatic carbocycles. The van der Waals surface area contributed by atoms with Crippen LogP contribution in [-0.4, -0.2) is 37.2 Å². The van der Waals surface area contributed by atoms with E-state index < -0.39 is 4.92 Å². The molecular weight excluding hydrogens is 330 g/mol. The summed E-state index contributed by atoms with van der Waals surface area (Å²) < 4.78 is 15.7. The third-order valence-corrected chi connectivity index (χ3v) is 3.12. The number of hydrogen-bond acceptors (Lipinski definition) is 7. The van der Waals surface area contributed by atoms with Gasteiger partial charge in [0.05, 0.1) is 26.3 Å². The number of aliphatic imine (C=N–C) groups is 1. The average Bonchev–Trinajstić information content (AvgIpc) is 2.61. The average molecular weight is 347 g/mol. The van der Waals surface area contributed by atoms with Crippen molar-refractivity contribution in [3.8, 4) is 17.2 Å². The van der Waals surface area contributed by atoms with Crippen molar-refractivity contribution in [2.24, 2.45) is 10.7 Å². The summed E-state index contributed by atoms with van der Waals surface area (Å²) in [6.07, 6.45) is 1.10. The van der Waals surface area contributed by atoms with Crippen molar-refractivity contribution in [3.63, 3.8) is 0 Å². The Labute approximate surface area is 143 Å². The third-order valence-electron chi connectivity index (χ3n) is 3.12. The summed E-state index contributed by atoms with van der Waals surface area (Å²) >= 11 is 0. The van der Waals surface area contributed by atoms with Gasteiger partial charge in [0.15, 0.2) is 23.3 Å². The van der Waals surface area contributed by atoms with Crippen LogP contribution in [0.5, 0.6) is 17.2 Å². The van der Waals surface area contributed by atoms with E-state index in [-0.39, 0.29) is 17.5 Å². The summed E-state index contributed by atoms with van der Waals surface area (Å²) in [6.45, 7) is 0. The molecule has 1 aromatic heterocycles. The van der Waals surface area contributed by atoms with E-state index in [0.29, 0.717) is 22.9 Å². The highest BCUT2D eigenvalue weighted by Gasteiger charge is 2.13. The summed E-state index contributed by atoms with van der Waals surface area (Å²) in [5, 5.41) is 13.5. The van der Waals surface area contributed by atoms with Crippen LogP contribution in [0.2, 0.25) is 0 Å². The Balaban J connectivity index is 2.24.